The minimum atomic E-state index is -0.915. The first-order valence-electron chi connectivity index (χ1n) is 5.34. The van der Waals surface area contributed by atoms with E-state index < -0.39 is 6.09 Å². The molecule has 88 valence electrons. The van der Waals surface area contributed by atoms with Crippen LogP contribution in [0.2, 0.25) is 0 Å². The first-order chi connectivity index (χ1) is 8.19. The number of rotatable bonds is 2. The van der Waals surface area contributed by atoms with Crippen LogP contribution in [-0.4, -0.2) is 35.3 Å². The third-order valence-electron chi connectivity index (χ3n) is 2.68. The molecule has 0 aliphatic carbocycles. The molecule has 0 spiro atoms. The Labute approximate surface area is 98.8 Å². The van der Waals surface area contributed by atoms with Crippen molar-refractivity contribution in [2.75, 3.05) is 13.1 Å². The molecule has 0 saturated carbocycles. The van der Waals surface area contributed by atoms with E-state index in [1.165, 1.54) is 4.90 Å². The number of carboxylic acid groups (broad SMARTS) is 1. The lowest BCUT2D eigenvalue weighted by Crippen LogP contribution is -2.29. The van der Waals surface area contributed by atoms with E-state index in [9.17, 15) is 4.79 Å². The molecule has 1 aromatic rings. The Hall–Kier alpha value is -2.22. The van der Waals surface area contributed by atoms with E-state index in [4.69, 9.17) is 15.1 Å². The highest BCUT2D eigenvalue weighted by atomic mass is 16.5. The van der Waals surface area contributed by atoms with Gasteiger partial charge in [-0.15, -0.1) is 0 Å². The fraction of sp³-hybridized carbons (Fsp3) is 0.333. The lowest BCUT2D eigenvalue weighted by Gasteiger charge is -2.14. The summed E-state index contributed by atoms with van der Waals surface area (Å²) in [5.41, 5.74) is 0.538. The van der Waals surface area contributed by atoms with Gasteiger partial charge in [0.15, 0.2) is 0 Å². The molecule has 2 rings (SSSR count). The molecule has 1 atom stereocenters. The molecule has 1 N–H and O–H groups in total. The second kappa shape index (κ2) is 4.74. The van der Waals surface area contributed by atoms with Gasteiger partial charge in [0.2, 0.25) is 0 Å². The molecule has 0 aromatic heterocycles. The van der Waals surface area contributed by atoms with Gasteiger partial charge in [-0.3, -0.25) is 0 Å². The van der Waals surface area contributed by atoms with Crippen molar-refractivity contribution in [3.8, 4) is 11.8 Å². The first-order valence-corrected chi connectivity index (χ1v) is 5.34. The summed E-state index contributed by atoms with van der Waals surface area (Å²) in [6, 6.07) is 8.91. The summed E-state index contributed by atoms with van der Waals surface area (Å²) < 4.78 is 5.64. The largest absolute Gasteiger partial charge is 0.488 e. The van der Waals surface area contributed by atoms with E-state index in [1.54, 1.807) is 24.3 Å². The fourth-order valence-electron chi connectivity index (χ4n) is 1.83. The van der Waals surface area contributed by atoms with Crippen molar-refractivity contribution in [2.45, 2.75) is 12.5 Å². The molecule has 1 aliphatic rings. The van der Waals surface area contributed by atoms with Crippen LogP contribution >= 0.6 is 0 Å². The summed E-state index contributed by atoms with van der Waals surface area (Å²) in [5.74, 6) is 0.612. The van der Waals surface area contributed by atoms with Crippen molar-refractivity contribution >= 4 is 6.09 Å². The van der Waals surface area contributed by atoms with Crippen molar-refractivity contribution in [2.24, 2.45) is 0 Å². The van der Waals surface area contributed by atoms with Crippen LogP contribution in [0.1, 0.15) is 12.0 Å². The fourth-order valence-corrected chi connectivity index (χ4v) is 1.83. The Kier molecular flexibility index (Phi) is 3.15. The summed E-state index contributed by atoms with van der Waals surface area (Å²) >= 11 is 0. The van der Waals surface area contributed by atoms with Crippen LogP contribution in [0.15, 0.2) is 24.3 Å². The number of nitriles is 1. The van der Waals surface area contributed by atoms with E-state index in [0.29, 0.717) is 30.8 Å². The number of nitrogens with zero attached hydrogens (tertiary/aromatic N) is 2. The van der Waals surface area contributed by atoms with Crippen molar-refractivity contribution in [1.29, 1.82) is 5.26 Å². The minimum absolute atomic E-state index is 0.125. The van der Waals surface area contributed by atoms with E-state index in [0.717, 1.165) is 0 Å². The zero-order chi connectivity index (χ0) is 12.3. The molecule has 5 nitrogen and oxygen atoms in total. The molecule has 0 bridgehead atoms. The second-order valence-electron chi connectivity index (χ2n) is 3.90. The summed E-state index contributed by atoms with van der Waals surface area (Å²) in [6.07, 6.45) is -0.356. The summed E-state index contributed by atoms with van der Waals surface area (Å²) in [6.45, 7) is 0.879. The number of hydrogen-bond acceptors (Lipinski definition) is 3. The average molecular weight is 232 g/mol. The Morgan fingerprint density at radius 2 is 2.41 bits per heavy atom. The van der Waals surface area contributed by atoms with Crippen LogP contribution in [0, 0.1) is 11.3 Å². The molecule has 5 heteroatoms. The lowest BCUT2D eigenvalue weighted by atomic mass is 10.2. The van der Waals surface area contributed by atoms with Crippen molar-refractivity contribution in [3.05, 3.63) is 29.8 Å². The molecule has 1 heterocycles. The van der Waals surface area contributed by atoms with Gasteiger partial charge in [0.1, 0.15) is 11.9 Å². The van der Waals surface area contributed by atoms with Gasteiger partial charge in [0.25, 0.3) is 0 Å². The molecule has 1 aromatic carbocycles. The summed E-state index contributed by atoms with van der Waals surface area (Å²) in [5, 5.41) is 17.6. The van der Waals surface area contributed by atoms with Gasteiger partial charge in [0, 0.05) is 13.0 Å². The maximum atomic E-state index is 10.7. The first kappa shape index (κ1) is 11.3. The van der Waals surface area contributed by atoms with Gasteiger partial charge in [0.05, 0.1) is 18.2 Å². The van der Waals surface area contributed by atoms with Gasteiger partial charge in [-0.05, 0) is 18.2 Å². The van der Waals surface area contributed by atoms with E-state index in [1.807, 2.05) is 6.07 Å². The van der Waals surface area contributed by atoms with Crippen molar-refractivity contribution in [3.63, 3.8) is 0 Å². The quantitative estimate of drug-likeness (QED) is 0.842. The van der Waals surface area contributed by atoms with Crippen LogP contribution in [0.25, 0.3) is 0 Å². The maximum absolute atomic E-state index is 10.7. The van der Waals surface area contributed by atoms with E-state index in [-0.39, 0.29) is 6.10 Å². The molecule has 1 amide bonds. The maximum Gasteiger partial charge on any atom is 0.407 e. The van der Waals surface area contributed by atoms with Crippen LogP contribution in [0.3, 0.4) is 0 Å². The number of hydrogen-bond donors (Lipinski definition) is 1. The highest BCUT2D eigenvalue weighted by Gasteiger charge is 2.27. The topological polar surface area (TPSA) is 73.6 Å². The monoisotopic (exact) mass is 232 g/mol. The molecule has 1 fully saturated rings. The predicted octanol–water partition coefficient (Wildman–Crippen LogP) is 1.69. The Morgan fingerprint density at radius 3 is 3.06 bits per heavy atom. The van der Waals surface area contributed by atoms with E-state index >= 15 is 0 Å². The number of carbonyl (C=O) groups is 1. The molecular weight excluding hydrogens is 220 g/mol. The van der Waals surface area contributed by atoms with Crippen LogP contribution in [0.4, 0.5) is 4.79 Å². The summed E-state index contributed by atoms with van der Waals surface area (Å²) in [4.78, 5) is 12.1. The molecule has 1 aliphatic heterocycles. The number of likely N-dealkylation sites (tertiary alicyclic amines) is 1. The van der Waals surface area contributed by atoms with Crippen LogP contribution in [-0.2, 0) is 0 Å². The smallest absolute Gasteiger partial charge is 0.407 e. The molecule has 0 radical (unpaired) electrons. The highest BCUT2D eigenvalue weighted by molar-refractivity contribution is 5.65. The van der Waals surface area contributed by atoms with Crippen LogP contribution < -0.4 is 4.74 Å². The molecular formula is C12H12N2O3. The lowest BCUT2D eigenvalue weighted by molar-refractivity contribution is 0.145. The molecule has 17 heavy (non-hydrogen) atoms. The van der Waals surface area contributed by atoms with Crippen molar-refractivity contribution in [1.82, 2.24) is 4.90 Å². The molecule has 1 unspecified atom stereocenters. The number of benzene rings is 1. The third-order valence-corrected chi connectivity index (χ3v) is 2.68. The van der Waals surface area contributed by atoms with Gasteiger partial charge in [-0.1, -0.05) is 6.07 Å². The minimum Gasteiger partial charge on any atom is -0.488 e. The van der Waals surface area contributed by atoms with Gasteiger partial charge < -0.3 is 14.7 Å². The Morgan fingerprint density at radius 1 is 1.59 bits per heavy atom. The van der Waals surface area contributed by atoms with Gasteiger partial charge in [-0.25, -0.2) is 4.79 Å². The molecule has 1 saturated heterocycles. The predicted molar refractivity (Wildman–Crippen MR) is 59.8 cm³/mol. The number of ether oxygens (including phenoxy) is 1. The van der Waals surface area contributed by atoms with Gasteiger partial charge >= 0.3 is 6.09 Å². The zero-order valence-corrected chi connectivity index (χ0v) is 9.17. The average Bonchev–Trinajstić information content (AvgIpc) is 2.78. The third kappa shape index (κ3) is 2.67. The van der Waals surface area contributed by atoms with Crippen molar-refractivity contribution < 1.29 is 14.6 Å². The van der Waals surface area contributed by atoms with E-state index in [2.05, 4.69) is 0 Å². The zero-order valence-electron chi connectivity index (χ0n) is 9.17. The standard InChI is InChI=1S/C12H12N2O3/c13-7-9-2-1-3-10(6-9)17-11-4-5-14(8-11)12(15)16/h1-3,6,11H,4-5,8H2,(H,15,16). The highest BCUT2D eigenvalue weighted by Crippen LogP contribution is 2.19. The van der Waals surface area contributed by atoms with Gasteiger partial charge in [-0.2, -0.15) is 5.26 Å². The van der Waals surface area contributed by atoms with Crippen LogP contribution in [0.5, 0.6) is 5.75 Å². The Bertz CT molecular complexity index is 467. The number of amides is 1. The Balaban J connectivity index is 1.98. The SMILES string of the molecule is N#Cc1cccc(OC2CCN(C(=O)O)C2)c1. The normalized spacial score (nSPS) is 18.8. The second-order valence-corrected chi connectivity index (χ2v) is 3.90. The summed E-state index contributed by atoms with van der Waals surface area (Å²) in [7, 11) is 0.